The minimum atomic E-state index is -0.653. The average Bonchev–Trinajstić information content (AvgIpc) is 2.72. The fourth-order valence-corrected chi connectivity index (χ4v) is 1.51. The second kappa shape index (κ2) is 4.63. The van der Waals surface area contributed by atoms with Gasteiger partial charge in [-0.05, 0) is 25.6 Å². The van der Waals surface area contributed by atoms with E-state index in [0.717, 1.165) is 6.07 Å². The number of halogens is 2. The van der Waals surface area contributed by atoms with Gasteiger partial charge in [-0.2, -0.15) is 0 Å². The van der Waals surface area contributed by atoms with Gasteiger partial charge in [-0.15, -0.1) is 0 Å². The van der Waals surface area contributed by atoms with Crippen LogP contribution in [0.5, 0.6) is 0 Å². The summed E-state index contributed by atoms with van der Waals surface area (Å²) in [6.07, 6.45) is 1.43. The molecule has 0 saturated carbocycles. The molecular formula is C12H12F2N2O. The first-order chi connectivity index (χ1) is 8.11. The molecule has 0 unspecified atom stereocenters. The van der Waals surface area contributed by atoms with Gasteiger partial charge in [-0.25, -0.2) is 13.8 Å². The van der Waals surface area contributed by atoms with Crippen LogP contribution in [-0.4, -0.2) is 12.0 Å². The van der Waals surface area contributed by atoms with Gasteiger partial charge in [0.1, 0.15) is 11.6 Å². The predicted molar refractivity (Wildman–Crippen MR) is 59.4 cm³/mol. The highest BCUT2D eigenvalue weighted by Gasteiger charge is 2.13. The number of aromatic nitrogens is 1. The average molecular weight is 238 g/mol. The second-order valence-corrected chi connectivity index (χ2v) is 3.73. The summed E-state index contributed by atoms with van der Waals surface area (Å²) in [5.41, 5.74) is 0.590. The van der Waals surface area contributed by atoms with Crippen molar-refractivity contribution < 1.29 is 13.2 Å². The third kappa shape index (κ3) is 2.34. The molecule has 5 heteroatoms. The van der Waals surface area contributed by atoms with E-state index in [2.05, 4.69) is 10.3 Å². The number of nitrogens with one attached hydrogen (secondary N) is 1. The summed E-state index contributed by atoms with van der Waals surface area (Å²) < 4.78 is 32.0. The maximum atomic E-state index is 13.6. The van der Waals surface area contributed by atoms with Crippen LogP contribution in [0.3, 0.4) is 0 Å². The number of aryl methyl sites for hydroxylation is 1. The third-order valence-electron chi connectivity index (χ3n) is 2.40. The van der Waals surface area contributed by atoms with Crippen molar-refractivity contribution >= 4 is 0 Å². The molecule has 2 rings (SSSR count). The SMILES string of the molecule is CNCc1ncc(-c2cc(C)c(F)cc2F)o1. The topological polar surface area (TPSA) is 38.1 Å². The lowest BCUT2D eigenvalue weighted by Gasteiger charge is -2.02. The molecule has 0 bridgehead atoms. The Morgan fingerprint density at radius 3 is 2.76 bits per heavy atom. The fourth-order valence-electron chi connectivity index (χ4n) is 1.51. The molecule has 1 aromatic heterocycles. The lowest BCUT2D eigenvalue weighted by Crippen LogP contribution is -2.04. The highest BCUT2D eigenvalue weighted by atomic mass is 19.1. The zero-order valence-electron chi connectivity index (χ0n) is 9.55. The molecule has 1 N–H and O–H groups in total. The third-order valence-corrected chi connectivity index (χ3v) is 2.40. The standard InChI is InChI=1S/C12H12F2N2O/c1-7-3-8(10(14)4-9(7)13)11-5-16-12(17-11)6-15-2/h3-5,15H,6H2,1-2H3. The number of oxazole rings is 1. The van der Waals surface area contributed by atoms with Crippen molar-refractivity contribution in [2.45, 2.75) is 13.5 Å². The number of benzene rings is 1. The van der Waals surface area contributed by atoms with Crippen molar-refractivity contribution in [2.24, 2.45) is 0 Å². The van der Waals surface area contributed by atoms with Crippen molar-refractivity contribution in [2.75, 3.05) is 7.05 Å². The lowest BCUT2D eigenvalue weighted by atomic mass is 10.1. The van der Waals surface area contributed by atoms with Crippen LogP contribution in [0.15, 0.2) is 22.7 Å². The zero-order chi connectivity index (χ0) is 12.4. The Kier molecular flexibility index (Phi) is 3.19. The van der Waals surface area contributed by atoms with Gasteiger partial charge in [-0.3, -0.25) is 0 Å². The van der Waals surface area contributed by atoms with Gasteiger partial charge in [0.15, 0.2) is 5.76 Å². The van der Waals surface area contributed by atoms with Crippen LogP contribution < -0.4 is 5.32 Å². The van der Waals surface area contributed by atoms with Crippen LogP contribution in [0.25, 0.3) is 11.3 Å². The van der Waals surface area contributed by atoms with Crippen LogP contribution in [0, 0.1) is 18.6 Å². The molecule has 0 atom stereocenters. The van der Waals surface area contributed by atoms with E-state index in [1.807, 2.05) is 0 Å². The van der Waals surface area contributed by atoms with E-state index < -0.39 is 11.6 Å². The largest absolute Gasteiger partial charge is 0.439 e. The summed E-state index contributed by atoms with van der Waals surface area (Å²) in [7, 11) is 1.76. The van der Waals surface area contributed by atoms with Crippen LogP contribution in [0.1, 0.15) is 11.5 Å². The van der Waals surface area contributed by atoms with Crippen LogP contribution in [-0.2, 0) is 6.54 Å². The van der Waals surface area contributed by atoms with Crippen molar-refractivity contribution in [3.8, 4) is 11.3 Å². The van der Waals surface area contributed by atoms with Gasteiger partial charge in [0.25, 0.3) is 0 Å². The smallest absolute Gasteiger partial charge is 0.208 e. The summed E-state index contributed by atoms with van der Waals surface area (Å²) in [5, 5.41) is 2.87. The number of hydrogen-bond acceptors (Lipinski definition) is 3. The Hall–Kier alpha value is -1.75. The first-order valence-corrected chi connectivity index (χ1v) is 5.17. The molecule has 0 saturated heterocycles. The molecule has 0 fully saturated rings. The molecule has 3 nitrogen and oxygen atoms in total. The van der Waals surface area contributed by atoms with E-state index in [-0.39, 0.29) is 5.56 Å². The van der Waals surface area contributed by atoms with E-state index in [9.17, 15) is 8.78 Å². The molecular weight excluding hydrogens is 226 g/mol. The molecule has 2 aromatic rings. The molecule has 1 aromatic carbocycles. The highest BCUT2D eigenvalue weighted by Crippen LogP contribution is 2.26. The molecule has 0 aliphatic heterocycles. The van der Waals surface area contributed by atoms with E-state index in [4.69, 9.17) is 4.42 Å². The normalized spacial score (nSPS) is 10.8. The second-order valence-electron chi connectivity index (χ2n) is 3.73. The summed E-state index contributed by atoms with van der Waals surface area (Å²) in [5.74, 6) is -0.457. The van der Waals surface area contributed by atoms with Crippen molar-refractivity contribution in [3.63, 3.8) is 0 Å². The van der Waals surface area contributed by atoms with E-state index in [1.54, 1.807) is 14.0 Å². The molecule has 1 heterocycles. The van der Waals surface area contributed by atoms with Crippen molar-refractivity contribution in [3.05, 3.63) is 41.4 Å². The molecule has 0 amide bonds. The van der Waals surface area contributed by atoms with Gasteiger partial charge < -0.3 is 9.73 Å². The van der Waals surface area contributed by atoms with Crippen LogP contribution in [0.2, 0.25) is 0 Å². The zero-order valence-corrected chi connectivity index (χ0v) is 9.55. The summed E-state index contributed by atoms with van der Waals surface area (Å²) >= 11 is 0. The molecule has 0 aliphatic rings. The van der Waals surface area contributed by atoms with E-state index in [0.29, 0.717) is 23.8 Å². The number of nitrogens with zero attached hydrogens (tertiary/aromatic N) is 1. The van der Waals surface area contributed by atoms with Gasteiger partial charge >= 0.3 is 0 Å². The summed E-state index contributed by atoms with van der Waals surface area (Å²) in [6.45, 7) is 2.03. The minimum Gasteiger partial charge on any atom is -0.439 e. The Morgan fingerprint density at radius 2 is 2.06 bits per heavy atom. The first-order valence-electron chi connectivity index (χ1n) is 5.17. The van der Waals surface area contributed by atoms with Gasteiger partial charge in [0.05, 0.1) is 18.3 Å². The van der Waals surface area contributed by atoms with E-state index >= 15 is 0 Å². The van der Waals surface area contributed by atoms with Gasteiger partial charge in [0.2, 0.25) is 5.89 Å². The minimum absolute atomic E-state index is 0.221. The predicted octanol–water partition coefficient (Wildman–Crippen LogP) is 2.65. The summed E-state index contributed by atoms with van der Waals surface area (Å²) in [6, 6.07) is 2.26. The summed E-state index contributed by atoms with van der Waals surface area (Å²) in [4.78, 5) is 3.99. The molecule has 0 spiro atoms. The molecule has 90 valence electrons. The van der Waals surface area contributed by atoms with Gasteiger partial charge in [-0.1, -0.05) is 0 Å². The Balaban J connectivity index is 2.41. The van der Waals surface area contributed by atoms with Crippen LogP contribution >= 0.6 is 0 Å². The maximum absolute atomic E-state index is 13.6. The number of hydrogen-bond donors (Lipinski definition) is 1. The fraction of sp³-hybridized carbons (Fsp3) is 0.250. The van der Waals surface area contributed by atoms with Crippen LogP contribution in [0.4, 0.5) is 8.78 Å². The molecule has 0 radical (unpaired) electrons. The Labute approximate surface area is 97.5 Å². The molecule has 17 heavy (non-hydrogen) atoms. The van der Waals surface area contributed by atoms with E-state index in [1.165, 1.54) is 12.3 Å². The monoisotopic (exact) mass is 238 g/mol. The highest BCUT2D eigenvalue weighted by molar-refractivity contribution is 5.58. The lowest BCUT2D eigenvalue weighted by molar-refractivity contribution is 0.487. The Morgan fingerprint density at radius 1 is 1.29 bits per heavy atom. The number of rotatable bonds is 3. The quantitative estimate of drug-likeness (QED) is 0.893. The first kappa shape index (κ1) is 11.7. The van der Waals surface area contributed by atoms with Gasteiger partial charge in [0, 0.05) is 6.07 Å². The maximum Gasteiger partial charge on any atom is 0.208 e. The Bertz CT molecular complexity index is 537. The van der Waals surface area contributed by atoms with Crippen molar-refractivity contribution in [1.82, 2.24) is 10.3 Å². The molecule has 0 aliphatic carbocycles. The van der Waals surface area contributed by atoms with Crippen molar-refractivity contribution in [1.29, 1.82) is 0 Å².